The van der Waals surface area contributed by atoms with Gasteiger partial charge in [0.05, 0.1) is 6.66 Å². The van der Waals surface area contributed by atoms with E-state index in [9.17, 15) is 0 Å². The Morgan fingerprint density at radius 3 is 1.08 bits per heavy atom. The van der Waals surface area contributed by atoms with Crippen molar-refractivity contribution in [3.05, 3.63) is 91.0 Å². The van der Waals surface area contributed by atoms with Gasteiger partial charge < -0.3 is 9.90 Å². The highest BCUT2D eigenvalue weighted by molar-refractivity contribution is 7.95. The highest BCUT2D eigenvalue weighted by Crippen LogP contribution is 2.51. The Bertz CT molecular complexity index is 655. The standard InChI is InChI=1S/C19H18P.C2H4O2/c1-20(17-11-5-2-6-12-17,18-13-7-3-8-14-18)19-15-9-4-10-16-19;1-2(3)4/h2-16H,1H3;1H3,(H,3,4)/q+1;/p-1. The highest BCUT2D eigenvalue weighted by Gasteiger charge is 2.39. The van der Waals surface area contributed by atoms with Crippen LogP contribution in [0, 0.1) is 0 Å². The number of hydrogen-bond donors (Lipinski definition) is 0. The zero-order valence-corrected chi connectivity index (χ0v) is 14.8. The Balaban J connectivity index is 0.000000471. The fourth-order valence-corrected chi connectivity index (χ4v) is 5.83. The fraction of sp³-hybridized carbons (Fsp3) is 0.0952. The number of carbonyl (C=O) groups is 1. The van der Waals surface area contributed by atoms with Crippen molar-refractivity contribution in [3.8, 4) is 0 Å². The minimum atomic E-state index is -1.53. The van der Waals surface area contributed by atoms with Gasteiger partial charge in [0.25, 0.3) is 0 Å². The molecule has 0 aromatic heterocycles. The summed E-state index contributed by atoms with van der Waals surface area (Å²) in [6.45, 7) is 3.38. The molecule has 0 radical (unpaired) electrons. The van der Waals surface area contributed by atoms with Gasteiger partial charge in [0, 0.05) is 5.97 Å². The Labute approximate surface area is 144 Å². The Kier molecular flexibility index (Phi) is 6.28. The molecule has 3 aromatic rings. The molecule has 0 saturated heterocycles. The van der Waals surface area contributed by atoms with Gasteiger partial charge in [-0.3, -0.25) is 0 Å². The van der Waals surface area contributed by atoms with Gasteiger partial charge >= 0.3 is 0 Å². The van der Waals surface area contributed by atoms with E-state index in [1.807, 2.05) is 0 Å². The summed E-state index contributed by atoms with van der Waals surface area (Å²) in [6.07, 6.45) is 0. The monoisotopic (exact) mass is 336 g/mol. The Morgan fingerprint density at radius 2 is 0.875 bits per heavy atom. The first kappa shape index (κ1) is 17.9. The summed E-state index contributed by atoms with van der Waals surface area (Å²) in [5.41, 5.74) is 0. The van der Waals surface area contributed by atoms with E-state index in [0.717, 1.165) is 6.92 Å². The van der Waals surface area contributed by atoms with Crippen molar-refractivity contribution in [2.45, 2.75) is 6.92 Å². The average molecular weight is 336 g/mol. The molecule has 3 aromatic carbocycles. The van der Waals surface area contributed by atoms with Crippen LogP contribution in [-0.4, -0.2) is 12.6 Å². The van der Waals surface area contributed by atoms with Crippen molar-refractivity contribution in [1.29, 1.82) is 0 Å². The maximum Gasteiger partial charge on any atom is 0.109 e. The largest absolute Gasteiger partial charge is 0.550 e. The molecule has 2 nitrogen and oxygen atoms in total. The lowest BCUT2D eigenvalue weighted by Crippen LogP contribution is -2.30. The van der Waals surface area contributed by atoms with Crippen LogP contribution >= 0.6 is 7.26 Å². The van der Waals surface area contributed by atoms with Crippen LogP contribution in [-0.2, 0) is 4.79 Å². The van der Waals surface area contributed by atoms with Crippen LogP contribution in [0.5, 0.6) is 0 Å². The summed E-state index contributed by atoms with van der Waals surface area (Å²) >= 11 is 0. The molecule has 0 saturated carbocycles. The van der Waals surface area contributed by atoms with Crippen LogP contribution in [0.15, 0.2) is 91.0 Å². The molecular weight excluding hydrogens is 315 g/mol. The average Bonchev–Trinajstić information content (AvgIpc) is 2.63. The van der Waals surface area contributed by atoms with Gasteiger partial charge in [0.15, 0.2) is 0 Å². The molecule has 3 heteroatoms. The number of benzene rings is 3. The molecule has 3 rings (SSSR count). The third-order valence-electron chi connectivity index (χ3n) is 3.82. The van der Waals surface area contributed by atoms with E-state index in [1.165, 1.54) is 15.9 Å². The molecule has 0 amide bonds. The molecule has 0 aliphatic rings. The van der Waals surface area contributed by atoms with E-state index in [1.54, 1.807) is 0 Å². The normalized spacial score (nSPS) is 10.4. The number of hydrogen-bond acceptors (Lipinski definition) is 2. The third-order valence-corrected chi connectivity index (χ3v) is 7.81. The van der Waals surface area contributed by atoms with Crippen molar-refractivity contribution in [1.82, 2.24) is 0 Å². The second-order valence-electron chi connectivity index (χ2n) is 5.50. The highest BCUT2D eigenvalue weighted by atomic mass is 31.2. The van der Waals surface area contributed by atoms with Crippen LogP contribution in [0.2, 0.25) is 0 Å². The summed E-state index contributed by atoms with van der Waals surface area (Å²) in [5, 5.41) is 13.2. The number of carbonyl (C=O) groups excluding carboxylic acids is 1. The van der Waals surface area contributed by atoms with Crippen LogP contribution in [0.3, 0.4) is 0 Å². The zero-order chi connectivity index (χ0) is 17.4. The van der Waals surface area contributed by atoms with Crippen molar-refractivity contribution in [2.24, 2.45) is 0 Å². The first-order valence-corrected chi connectivity index (χ1v) is 9.99. The fourth-order valence-electron chi connectivity index (χ4n) is 2.63. The molecule has 0 spiro atoms. The molecule has 24 heavy (non-hydrogen) atoms. The molecule has 122 valence electrons. The SMILES string of the molecule is CC(=O)[O-].C[P+](c1ccccc1)(c1ccccc1)c1ccccc1. The summed E-state index contributed by atoms with van der Waals surface area (Å²) in [4.78, 5) is 8.89. The van der Waals surface area contributed by atoms with Crippen molar-refractivity contribution >= 4 is 29.1 Å². The Morgan fingerprint density at radius 1 is 0.667 bits per heavy atom. The van der Waals surface area contributed by atoms with Crippen LogP contribution in [0.4, 0.5) is 0 Å². The molecule has 0 unspecified atom stereocenters. The maximum atomic E-state index is 8.89. The van der Waals surface area contributed by atoms with E-state index >= 15 is 0 Å². The topological polar surface area (TPSA) is 40.1 Å². The lowest BCUT2D eigenvalue weighted by Gasteiger charge is -2.22. The van der Waals surface area contributed by atoms with Gasteiger partial charge in [-0.25, -0.2) is 0 Å². The number of aliphatic carboxylic acids is 1. The summed E-state index contributed by atoms with van der Waals surface area (Å²) in [6, 6.07) is 32.6. The van der Waals surface area contributed by atoms with Crippen molar-refractivity contribution in [3.63, 3.8) is 0 Å². The second kappa shape index (κ2) is 8.42. The van der Waals surface area contributed by atoms with E-state index < -0.39 is 13.2 Å². The van der Waals surface area contributed by atoms with E-state index in [2.05, 4.69) is 97.7 Å². The summed E-state index contributed by atoms with van der Waals surface area (Å²) < 4.78 is 0. The first-order valence-electron chi connectivity index (χ1n) is 7.76. The minimum absolute atomic E-state index is 0.972. The van der Waals surface area contributed by atoms with E-state index in [-0.39, 0.29) is 0 Å². The van der Waals surface area contributed by atoms with E-state index in [0.29, 0.717) is 0 Å². The van der Waals surface area contributed by atoms with Gasteiger partial charge in [-0.2, -0.15) is 0 Å². The zero-order valence-electron chi connectivity index (χ0n) is 13.9. The molecule has 0 heterocycles. The summed E-state index contributed by atoms with van der Waals surface area (Å²) in [7, 11) is -1.53. The van der Waals surface area contributed by atoms with Gasteiger partial charge in [-0.15, -0.1) is 0 Å². The van der Waals surface area contributed by atoms with Crippen LogP contribution in [0.1, 0.15) is 6.92 Å². The predicted octanol–water partition coefficient (Wildman–Crippen LogP) is 2.37. The molecule has 0 bridgehead atoms. The van der Waals surface area contributed by atoms with Crippen LogP contribution in [0.25, 0.3) is 0 Å². The quantitative estimate of drug-likeness (QED) is 0.689. The minimum Gasteiger partial charge on any atom is -0.550 e. The second-order valence-corrected chi connectivity index (χ2v) is 9.07. The van der Waals surface area contributed by atoms with Crippen molar-refractivity contribution in [2.75, 3.05) is 6.66 Å². The molecule has 0 aliphatic heterocycles. The lowest BCUT2D eigenvalue weighted by molar-refractivity contribution is -0.302. The smallest absolute Gasteiger partial charge is 0.109 e. The molecule has 0 fully saturated rings. The number of carboxylic acid groups (broad SMARTS) is 1. The van der Waals surface area contributed by atoms with Gasteiger partial charge in [0.1, 0.15) is 23.2 Å². The predicted molar refractivity (Wildman–Crippen MR) is 102 cm³/mol. The van der Waals surface area contributed by atoms with E-state index in [4.69, 9.17) is 9.90 Å². The van der Waals surface area contributed by atoms with Gasteiger partial charge in [0.2, 0.25) is 0 Å². The maximum absolute atomic E-state index is 8.89. The summed E-state index contributed by atoms with van der Waals surface area (Å²) in [5.74, 6) is -1.08. The molecule has 0 atom stereocenters. The molecule has 0 N–H and O–H groups in total. The van der Waals surface area contributed by atoms with Crippen molar-refractivity contribution < 1.29 is 9.90 Å². The van der Waals surface area contributed by atoms with Crippen LogP contribution < -0.4 is 21.0 Å². The number of rotatable bonds is 3. The third kappa shape index (κ3) is 4.31. The first-order chi connectivity index (χ1) is 11.5. The van der Waals surface area contributed by atoms with Gasteiger partial charge in [-0.1, -0.05) is 54.6 Å². The number of carboxylic acids is 1. The Hall–Kier alpha value is -2.44. The molecular formula is C21H21O2P. The lowest BCUT2D eigenvalue weighted by atomic mass is 10.4. The molecule has 0 aliphatic carbocycles. The van der Waals surface area contributed by atoms with Gasteiger partial charge in [-0.05, 0) is 43.3 Å².